The summed E-state index contributed by atoms with van der Waals surface area (Å²) in [6.07, 6.45) is 4.32. The van der Waals surface area contributed by atoms with Gasteiger partial charge in [0.25, 0.3) is 0 Å². The molecule has 1 aliphatic heterocycles. The molecule has 17 heavy (non-hydrogen) atoms. The van der Waals surface area contributed by atoms with E-state index < -0.39 is 12.0 Å². The zero-order valence-electron chi connectivity index (χ0n) is 9.26. The number of amides is 2. The number of carbonyl (C=O) groups is 2. The van der Waals surface area contributed by atoms with Gasteiger partial charge in [-0.2, -0.15) is 0 Å². The Labute approximate surface area is 98.2 Å². The molecule has 2 amide bonds. The SMILES string of the molecule is O=C(O)C1CCCN1C(=O)NCc1ccoc1. The number of aliphatic carboxylic acids is 1. The van der Waals surface area contributed by atoms with Crippen molar-refractivity contribution in [3.05, 3.63) is 24.2 Å². The molecule has 0 aliphatic carbocycles. The number of furan rings is 1. The van der Waals surface area contributed by atoms with E-state index in [9.17, 15) is 9.59 Å². The van der Waals surface area contributed by atoms with Crippen molar-refractivity contribution < 1.29 is 19.1 Å². The lowest BCUT2D eigenvalue weighted by Gasteiger charge is -2.21. The van der Waals surface area contributed by atoms with Crippen molar-refractivity contribution in [2.75, 3.05) is 6.54 Å². The largest absolute Gasteiger partial charge is 0.480 e. The molecular formula is C11H14N2O4. The van der Waals surface area contributed by atoms with Gasteiger partial charge in [-0.15, -0.1) is 0 Å². The maximum absolute atomic E-state index is 11.8. The monoisotopic (exact) mass is 238 g/mol. The van der Waals surface area contributed by atoms with Crippen LogP contribution < -0.4 is 5.32 Å². The van der Waals surface area contributed by atoms with Crippen LogP contribution in [-0.4, -0.2) is 34.6 Å². The molecule has 1 atom stereocenters. The van der Waals surface area contributed by atoms with E-state index >= 15 is 0 Å². The van der Waals surface area contributed by atoms with E-state index in [4.69, 9.17) is 9.52 Å². The molecule has 2 N–H and O–H groups in total. The Morgan fingerprint density at radius 3 is 3.06 bits per heavy atom. The third kappa shape index (κ3) is 2.58. The summed E-state index contributed by atoms with van der Waals surface area (Å²) in [5.74, 6) is -0.944. The first-order chi connectivity index (χ1) is 8.18. The molecule has 6 heteroatoms. The van der Waals surface area contributed by atoms with Crippen molar-refractivity contribution in [1.82, 2.24) is 10.2 Å². The fourth-order valence-electron chi connectivity index (χ4n) is 1.94. The molecule has 1 aliphatic rings. The number of carboxylic acids is 1. The minimum absolute atomic E-state index is 0.337. The topological polar surface area (TPSA) is 82.8 Å². The van der Waals surface area contributed by atoms with Gasteiger partial charge in [0, 0.05) is 18.7 Å². The normalized spacial score (nSPS) is 19.3. The molecule has 0 bridgehead atoms. The van der Waals surface area contributed by atoms with Crippen LogP contribution in [0.4, 0.5) is 4.79 Å². The predicted molar refractivity (Wildman–Crippen MR) is 58.3 cm³/mol. The van der Waals surface area contributed by atoms with Crippen molar-refractivity contribution in [2.24, 2.45) is 0 Å². The van der Waals surface area contributed by atoms with Crippen molar-refractivity contribution in [2.45, 2.75) is 25.4 Å². The molecule has 2 heterocycles. The number of urea groups is 1. The van der Waals surface area contributed by atoms with Gasteiger partial charge >= 0.3 is 12.0 Å². The smallest absolute Gasteiger partial charge is 0.326 e. The first-order valence-corrected chi connectivity index (χ1v) is 5.47. The summed E-state index contributed by atoms with van der Waals surface area (Å²) in [4.78, 5) is 24.1. The Kier molecular flexibility index (Phi) is 3.32. The van der Waals surface area contributed by atoms with E-state index in [-0.39, 0.29) is 6.03 Å². The van der Waals surface area contributed by atoms with Gasteiger partial charge in [0.1, 0.15) is 6.04 Å². The molecule has 1 aromatic heterocycles. The molecule has 1 unspecified atom stereocenters. The Morgan fingerprint density at radius 1 is 1.59 bits per heavy atom. The fourth-order valence-corrected chi connectivity index (χ4v) is 1.94. The van der Waals surface area contributed by atoms with Crippen LogP contribution in [0.25, 0.3) is 0 Å². The second-order valence-corrected chi connectivity index (χ2v) is 3.98. The van der Waals surface area contributed by atoms with Gasteiger partial charge in [0.15, 0.2) is 0 Å². The molecule has 0 saturated carbocycles. The number of rotatable bonds is 3. The van der Waals surface area contributed by atoms with Crippen LogP contribution in [0, 0.1) is 0 Å². The summed E-state index contributed by atoms with van der Waals surface area (Å²) < 4.78 is 4.87. The summed E-state index contributed by atoms with van der Waals surface area (Å²) in [5.41, 5.74) is 0.851. The lowest BCUT2D eigenvalue weighted by atomic mass is 10.2. The minimum atomic E-state index is -0.944. The average molecular weight is 238 g/mol. The van der Waals surface area contributed by atoms with E-state index in [0.29, 0.717) is 19.5 Å². The third-order valence-electron chi connectivity index (χ3n) is 2.82. The number of hydrogen-bond acceptors (Lipinski definition) is 3. The Morgan fingerprint density at radius 2 is 2.41 bits per heavy atom. The first kappa shape index (κ1) is 11.5. The molecule has 0 radical (unpaired) electrons. The number of carbonyl (C=O) groups excluding carboxylic acids is 1. The van der Waals surface area contributed by atoms with Gasteiger partial charge in [-0.05, 0) is 18.9 Å². The maximum atomic E-state index is 11.8. The van der Waals surface area contributed by atoms with Gasteiger partial charge in [-0.25, -0.2) is 9.59 Å². The second-order valence-electron chi connectivity index (χ2n) is 3.98. The summed E-state index contributed by atoms with van der Waals surface area (Å²) in [6, 6.07) is 0.717. The van der Waals surface area contributed by atoms with E-state index in [1.807, 2.05) is 0 Å². The third-order valence-corrected chi connectivity index (χ3v) is 2.82. The number of nitrogens with one attached hydrogen (secondary N) is 1. The molecular weight excluding hydrogens is 224 g/mol. The number of hydrogen-bond donors (Lipinski definition) is 2. The van der Waals surface area contributed by atoms with Gasteiger partial charge < -0.3 is 19.7 Å². The van der Waals surface area contributed by atoms with Gasteiger partial charge in [0.2, 0.25) is 0 Å². The molecule has 92 valence electrons. The quantitative estimate of drug-likeness (QED) is 0.824. The standard InChI is InChI=1S/C11H14N2O4/c14-10(15)9-2-1-4-13(9)11(16)12-6-8-3-5-17-7-8/h3,5,7,9H,1-2,4,6H2,(H,12,16)(H,14,15). The highest BCUT2D eigenvalue weighted by Crippen LogP contribution is 2.17. The first-order valence-electron chi connectivity index (χ1n) is 5.47. The molecule has 0 spiro atoms. The van der Waals surface area contributed by atoms with E-state index in [1.165, 1.54) is 11.2 Å². The van der Waals surface area contributed by atoms with Gasteiger partial charge in [-0.1, -0.05) is 0 Å². The van der Waals surface area contributed by atoms with E-state index in [1.54, 1.807) is 12.3 Å². The molecule has 1 fully saturated rings. The lowest BCUT2D eigenvalue weighted by molar-refractivity contribution is -0.141. The average Bonchev–Trinajstić information content (AvgIpc) is 2.96. The Hall–Kier alpha value is -1.98. The zero-order valence-corrected chi connectivity index (χ0v) is 9.26. The second kappa shape index (κ2) is 4.90. The molecule has 6 nitrogen and oxygen atoms in total. The van der Waals surface area contributed by atoms with Crippen LogP contribution in [0.5, 0.6) is 0 Å². The van der Waals surface area contributed by atoms with Crippen LogP contribution in [0.15, 0.2) is 23.0 Å². The van der Waals surface area contributed by atoms with Gasteiger partial charge in [-0.3, -0.25) is 0 Å². The maximum Gasteiger partial charge on any atom is 0.326 e. The highest BCUT2D eigenvalue weighted by molar-refractivity contribution is 5.83. The number of carboxylic acid groups (broad SMARTS) is 1. The summed E-state index contributed by atoms with van der Waals surface area (Å²) in [6.45, 7) is 0.840. The number of likely N-dealkylation sites (tertiary alicyclic amines) is 1. The number of nitrogens with zero attached hydrogens (tertiary/aromatic N) is 1. The van der Waals surface area contributed by atoms with Crippen LogP contribution in [0.2, 0.25) is 0 Å². The van der Waals surface area contributed by atoms with Crippen molar-refractivity contribution in [1.29, 1.82) is 0 Å². The van der Waals surface area contributed by atoms with E-state index in [0.717, 1.165) is 12.0 Å². The molecule has 0 aromatic carbocycles. The minimum Gasteiger partial charge on any atom is -0.480 e. The Bertz CT molecular complexity index is 402. The molecule has 2 rings (SSSR count). The van der Waals surface area contributed by atoms with E-state index in [2.05, 4.69) is 5.32 Å². The predicted octanol–water partition coefficient (Wildman–Crippen LogP) is 1.04. The zero-order chi connectivity index (χ0) is 12.3. The van der Waals surface area contributed by atoms with Crippen LogP contribution >= 0.6 is 0 Å². The highest BCUT2D eigenvalue weighted by atomic mass is 16.4. The lowest BCUT2D eigenvalue weighted by Crippen LogP contribution is -2.45. The van der Waals surface area contributed by atoms with Crippen molar-refractivity contribution >= 4 is 12.0 Å². The highest BCUT2D eigenvalue weighted by Gasteiger charge is 2.33. The van der Waals surface area contributed by atoms with Gasteiger partial charge in [0.05, 0.1) is 12.5 Å². The summed E-state index contributed by atoms with van der Waals surface area (Å²) in [7, 11) is 0. The van der Waals surface area contributed by atoms with Crippen molar-refractivity contribution in [3.8, 4) is 0 Å². The summed E-state index contributed by atoms with van der Waals surface area (Å²) in [5, 5.41) is 11.6. The molecule has 1 aromatic rings. The van der Waals surface area contributed by atoms with Crippen molar-refractivity contribution in [3.63, 3.8) is 0 Å². The fraction of sp³-hybridized carbons (Fsp3) is 0.455. The van der Waals surface area contributed by atoms with Crippen LogP contribution in [0.3, 0.4) is 0 Å². The Balaban J connectivity index is 1.89. The molecule has 1 saturated heterocycles. The van der Waals surface area contributed by atoms with Crippen LogP contribution in [0.1, 0.15) is 18.4 Å². The van der Waals surface area contributed by atoms with Crippen LogP contribution in [-0.2, 0) is 11.3 Å². The summed E-state index contributed by atoms with van der Waals surface area (Å²) >= 11 is 0.